The Bertz CT molecular complexity index is 211. The van der Waals surface area contributed by atoms with Crippen molar-refractivity contribution in [2.24, 2.45) is 0 Å². The SMILES string of the molecule is [2H]C(CCCCCC)CC1C=CC=CO1. The largest absolute Gasteiger partial charge is 0.494 e. The van der Waals surface area contributed by atoms with Gasteiger partial charge in [-0.2, -0.15) is 0 Å². The molecule has 14 heavy (non-hydrogen) atoms. The first-order valence-electron chi connectivity index (χ1n) is 6.31. The van der Waals surface area contributed by atoms with Gasteiger partial charge in [0.25, 0.3) is 0 Å². The van der Waals surface area contributed by atoms with Crippen molar-refractivity contribution in [3.05, 3.63) is 24.5 Å². The summed E-state index contributed by atoms with van der Waals surface area (Å²) in [6, 6.07) is 0. The number of allylic oxidation sites excluding steroid dienone is 2. The van der Waals surface area contributed by atoms with Crippen LogP contribution >= 0.6 is 0 Å². The van der Waals surface area contributed by atoms with Gasteiger partial charge in [-0.3, -0.25) is 0 Å². The predicted molar refractivity (Wildman–Crippen MR) is 61.1 cm³/mol. The molecule has 0 aliphatic carbocycles. The molecule has 0 saturated carbocycles. The maximum absolute atomic E-state index is 7.91. The van der Waals surface area contributed by atoms with Crippen molar-refractivity contribution in [3.63, 3.8) is 0 Å². The lowest BCUT2D eigenvalue weighted by Gasteiger charge is -2.14. The monoisotopic (exact) mass is 195 g/mol. The van der Waals surface area contributed by atoms with E-state index in [0.29, 0.717) is 0 Å². The Hall–Kier alpha value is -0.720. The molecule has 1 nitrogen and oxygen atoms in total. The fourth-order valence-electron chi connectivity index (χ4n) is 1.56. The van der Waals surface area contributed by atoms with Crippen molar-refractivity contribution in [2.75, 3.05) is 0 Å². The number of unbranched alkanes of at least 4 members (excludes halogenated alkanes) is 3. The molecule has 0 aromatic heterocycles. The van der Waals surface area contributed by atoms with E-state index in [0.717, 1.165) is 12.8 Å². The van der Waals surface area contributed by atoms with Gasteiger partial charge in [-0.05, 0) is 25.0 Å². The summed E-state index contributed by atoms with van der Waals surface area (Å²) in [5, 5.41) is 0. The van der Waals surface area contributed by atoms with Gasteiger partial charge in [-0.15, -0.1) is 0 Å². The van der Waals surface area contributed by atoms with Gasteiger partial charge in [-0.25, -0.2) is 0 Å². The molecule has 1 aliphatic heterocycles. The topological polar surface area (TPSA) is 9.23 Å². The molecule has 1 heteroatoms. The second-order valence-corrected chi connectivity index (χ2v) is 3.76. The van der Waals surface area contributed by atoms with Crippen LogP contribution in [0.2, 0.25) is 0 Å². The fourth-order valence-corrected chi connectivity index (χ4v) is 1.56. The molecule has 0 saturated heterocycles. The normalized spacial score (nSPS) is 22.9. The van der Waals surface area contributed by atoms with Crippen molar-refractivity contribution in [3.8, 4) is 0 Å². The Morgan fingerprint density at radius 1 is 1.21 bits per heavy atom. The third-order valence-electron chi connectivity index (χ3n) is 2.43. The highest BCUT2D eigenvalue weighted by Crippen LogP contribution is 2.13. The van der Waals surface area contributed by atoms with Crippen LogP contribution < -0.4 is 0 Å². The predicted octanol–water partition coefficient (Wildman–Crippen LogP) is 4.21. The molecular weight excluding hydrogens is 172 g/mol. The standard InChI is InChI=1S/C13H22O/c1-2-3-4-5-6-7-10-13-11-8-9-12-14-13/h8-9,11-13H,2-7,10H2,1H3/i7D. The molecule has 1 aliphatic rings. The molecule has 0 aromatic carbocycles. The van der Waals surface area contributed by atoms with Crippen LogP contribution in [0.4, 0.5) is 0 Å². The number of hydrogen-bond acceptors (Lipinski definition) is 1. The van der Waals surface area contributed by atoms with Gasteiger partial charge in [0.05, 0.1) is 6.26 Å². The van der Waals surface area contributed by atoms with Crippen molar-refractivity contribution in [2.45, 2.75) is 57.9 Å². The molecule has 1 rings (SSSR count). The van der Waals surface area contributed by atoms with E-state index in [4.69, 9.17) is 6.11 Å². The van der Waals surface area contributed by atoms with E-state index in [1.54, 1.807) is 6.26 Å². The maximum atomic E-state index is 7.91. The van der Waals surface area contributed by atoms with Crippen LogP contribution in [0.1, 0.15) is 53.2 Å². The Morgan fingerprint density at radius 2 is 2.07 bits per heavy atom. The average molecular weight is 195 g/mol. The molecule has 0 amide bonds. The zero-order valence-corrected chi connectivity index (χ0v) is 9.11. The second-order valence-electron chi connectivity index (χ2n) is 3.76. The highest BCUT2D eigenvalue weighted by atomic mass is 16.5. The van der Waals surface area contributed by atoms with Gasteiger partial charge >= 0.3 is 0 Å². The van der Waals surface area contributed by atoms with Crippen molar-refractivity contribution >= 4 is 0 Å². The van der Waals surface area contributed by atoms with Crippen molar-refractivity contribution in [1.82, 2.24) is 0 Å². The molecule has 0 spiro atoms. The first-order valence-corrected chi connectivity index (χ1v) is 5.74. The van der Waals surface area contributed by atoms with Gasteiger partial charge in [0.1, 0.15) is 6.10 Å². The number of rotatable bonds is 7. The lowest BCUT2D eigenvalue weighted by Crippen LogP contribution is -2.07. The Morgan fingerprint density at radius 3 is 2.79 bits per heavy atom. The first kappa shape index (κ1) is 9.82. The summed E-state index contributed by atoms with van der Waals surface area (Å²) in [5.74, 6) is 0. The minimum absolute atomic E-state index is 0.0306. The van der Waals surface area contributed by atoms with Crippen LogP contribution in [0.25, 0.3) is 0 Å². The van der Waals surface area contributed by atoms with Gasteiger partial charge in [-0.1, -0.05) is 45.1 Å². The smallest absolute Gasteiger partial charge is 0.116 e. The lowest BCUT2D eigenvalue weighted by atomic mass is 10.1. The van der Waals surface area contributed by atoms with Crippen LogP contribution in [-0.4, -0.2) is 6.10 Å². The molecule has 2 unspecified atom stereocenters. The zero-order valence-electron chi connectivity index (χ0n) is 10.1. The van der Waals surface area contributed by atoms with E-state index in [2.05, 4.69) is 6.92 Å². The first-order chi connectivity index (χ1) is 7.33. The Labute approximate surface area is 89.3 Å². The third kappa shape index (κ3) is 5.11. The summed E-state index contributed by atoms with van der Waals surface area (Å²) in [5.41, 5.74) is 0. The van der Waals surface area contributed by atoms with Crippen LogP contribution in [0.15, 0.2) is 24.5 Å². The minimum Gasteiger partial charge on any atom is -0.494 e. The maximum Gasteiger partial charge on any atom is 0.116 e. The summed E-state index contributed by atoms with van der Waals surface area (Å²) < 4.78 is 13.3. The van der Waals surface area contributed by atoms with E-state index in [1.807, 2.05) is 18.2 Å². The van der Waals surface area contributed by atoms with E-state index in [1.165, 1.54) is 25.7 Å². The van der Waals surface area contributed by atoms with Crippen LogP contribution in [0, 0.1) is 0 Å². The van der Waals surface area contributed by atoms with Gasteiger partial charge in [0, 0.05) is 1.37 Å². The summed E-state index contributed by atoms with van der Waals surface area (Å²) >= 11 is 0. The highest BCUT2D eigenvalue weighted by Gasteiger charge is 2.04. The van der Waals surface area contributed by atoms with E-state index < -0.39 is 0 Å². The Kier molecular flexibility index (Phi) is 5.37. The quantitative estimate of drug-likeness (QED) is 0.553. The third-order valence-corrected chi connectivity index (χ3v) is 2.43. The van der Waals surface area contributed by atoms with Gasteiger partial charge in [0.2, 0.25) is 0 Å². The van der Waals surface area contributed by atoms with E-state index in [-0.39, 0.29) is 12.5 Å². The van der Waals surface area contributed by atoms with Gasteiger partial charge in [0.15, 0.2) is 0 Å². The van der Waals surface area contributed by atoms with E-state index >= 15 is 0 Å². The van der Waals surface area contributed by atoms with Crippen molar-refractivity contribution < 1.29 is 6.11 Å². The average Bonchev–Trinajstić information content (AvgIpc) is 2.26. The van der Waals surface area contributed by atoms with Crippen LogP contribution in [0.5, 0.6) is 0 Å². The minimum atomic E-state index is 0.0306. The van der Waals surface area contributed by atoms with Crippen molar-refractivity contribution in [1.29, 1.82) is 0 Å². The van der Waals surface area contributed by atoms with Crippen LogP contribution in [0.3, 0.4) is 0 Å². The molecule has 0 fully saturated rings. The molecule has 0 N–H and O–H groups in total. The van der Waals surface area contributed by atoms with Gasteiger partial charge < -0.3 is 4.74 Å². The number of ether oxygens (including phenoxy) is 1. The molecular formula is C13H22O. The molecule has 0 radical (unpaired) electrons. The summed E-state index contributed by atoms with van der Waals surface area (Å²) in [7, 11) is 0. The molecule has 0 bridgehead atoms. The molecule has 1 heterocycles. The zero-order chi connectivity index (χ0) is 10.9. The molecule has 0 aromatic rings. The highest BCUT2D eigenvalue weighted by molar-refractivity contribution is 5.07. The fraction of sp³-hybridized carbons (Fsp3) is 0.692. The second kappa shape index (κ2) is 7.66. The molecule has 80 valence electrons. The van der Waals surface area contributed by atoms with E-state index in [9.17, 15) is 0 Å². The summed E-state index contributed by atoms with van der Waals surface area (Å²) in [4.78, 5) is 0. The molecule has 2 atom stereocenters. The summed E-state index contributed by atoms with van der Waals surface area (Å²) in [6.45, 7) is 2.21. The summed E-state index contributed by atoms with van der Waals surface area (Å²) in [6.07, 6.45) is 14.7. The Balaban J connectivity index is 2.05. The van der Waals surface area contributed by atoms with Crippen LogP contribution in [-0.2, 0) is 4.74 Å². The lowest BCUT2D eigenvalue weighted by molar-refractivity contribution is 0.170. The number of hydrogen-bond donors (Lipinski definition) is 0.